The highest BCUT2D eigenvalue weighted by Crippen LogP contribution is 2.44. The Balaban J connectivity index is 1.69. The van der Waals surface area contributed by atoms with Crippen LogP contribution in [0, 0.1) is 23.7 Å². The van der Waals surface area contributed by atoms with Gasteiger partial charge in [-0.3, -0.25) is 0 Å². The first-order valence-corrected chi connectivity index (χ1v) is 8.54. The van der Waals surface area contributed by atoms with Crippen LogP contribution in [0.3, 0.4) is 0 Å². The van der Waals surface area contributed by atoms with Crippen LogP contribution in [0.4, 0.5) is 13.2 Å². The Hall–Kier alpha value is -0.210. The predicted molar refractivity (Wildman–Crippen MR) is 76.5 cm³/mol. The van der Waals surface area contributed by atoms with E-state index in [0.29, 0.717) is 0 Å². The Bertz CT molecular complexity index is 268. The molecular formula is C17H29F3. The van der Waals surface area contributed by atoms with Gasteiger partial charge in [-0.05, 0) is 62.2 Å². The SMILES string of the molecule is CCC[C@H]1CC[C@H]([C@H]2CC[C@H](CC(F)(F)F)CC2)CC1. The van der Waals surface area contributed by atoms with Crippen molar-refractivity contribution in [3.63, 3.8) is 0 Å². The minimum atomic E-state index is -3.96. The van der Waals surface area contributed by atoms with Crippen molar-refractivity contribution in [2.24, 2.45) is 23.7 Å². The summed E-state index contributed by atoms with van der Waals surface area (Å²) >= 11 is 0. The monoisotopic (exact) mass is 290 g/mol. The lowest BCUT2D eigenvalue weighted by Gasteiger charge is -2.38. The highest BCUT2D eigenvalue weighted by molar-refractivity contribution is 4.82. The summed E-state index contributed by atoms with van der Waals surface area (Å²) in [4.78, 5) is 0. The molecule has 0 aromatic heterocycles. The lowest BCUT2D eigenvalue weighted by molar-refractivity contribution is -0.147. The summed E-state index contributed by atoms with van der Waals surface area (Å²) in [6.45, 7) is 2.26. The summed E-state index contributed by atoms with van der Waals surface area (Å²) < 4.78 is 37.2. The molecule has 0 unspecified atom stereocenters. The molecule has 0 aromatic rings. The molecule has 2 saturated carbocycles. The van der Waals surface area contributed by atoms with E-state index in [1.165, 1.54) is 38.5 Å². The van der Waals surface area contributed by atoms with Gasteiger partial charge in [-0.15, -0.1) is 0 Å². The zero-order valence-corrected chi connectivity index (χ0v) is 12.7. The third kappa shape index (κ3) is 4.96. The molecule has 20 heavy (non-hydrogen) atoms. The molecule has 118 valence electrons. The molecule has 0 atom stereocenters. The van der Waals surface area contributed by atoms with Crippen molar-refractivity contribution in [2.45, 2.75) is 83.7 Å². The van der Waals surface area contributed by atoms with Crippen LogP contribution in [0.5, 0.6) is 0 Å². The van der Waals surface area contributed by atoms with Crippen LogP contribution >= 0.6 is 0 Å². The van der Waals surface area contributed by atoms with Gasteiger partial charge in [0.1, 0.15) is 0 Å². The van der Waals surface area contributed by atoms with Crippen molar-refractivity contribution in [2.75, 3.05) is 0 Å². The molecular weight excluding hydrogens is 261 g/mol. The Morgan fingerprint density at radius 3 is 1.60 bits per heavy atom. The van der Waals surface area contributed by atoms with E-state index in [0.717, 1.165) is 43.4 Å². The molecule has 0 heterocycles. The molecule has 0 bridgehead atoms. The molecule has 0 amide bonds. The number of hydrogen-bond donors (Lipinski definition) is 0. The van der Waals surface area contributed by atoms with Crippen molar-refractivity contribution in [3.8, 4) is 0 Å². The fraction of sp³-hybridized carbons (Fsp3) is 1.00. The van der Waals surface area contributed by atoms with Gasteiger partial charge in [-0.25, -0.2) is 0 Å². The Labute approximate surface area is 121 Å². The molecule has 0 radical (unpaired) electrons. The van der Waals surface area contributed by atoms with Gasteiger partial charge in [0.25, 0.3) is 0 Å². The number of hydrogen-bond acceptors (Lipinski definition) is 0. The Kier molecular flexibility index (Phi) is 5.80. The Morgan fingerprint density at radius 1 is 0.750 bits per heavy atom. The van der Waals surface area contributed by atoms with E-state index >= 15 is 0 Å². The maximum atomic E-state index is 12.4. The van der Waals surface area contributed by atoms with Gasteiger partial charge in [0.2, 0.25) is 0 Å². The van der Waals surface area contributed by atoms with Crippen LogP contribution in [0.1, 0.15) is 77.6 Å². The lowest BCUT2D eigenvalue weighted by atomic mass is 9.68. The maximum absolute atomic E-state index is 12.4. The number of rotatable bonds is 4. The summed E-state index contributed by atoms with van der Waals surface area (Å²) in [7, 11) is 0. The topological polar surface area (TPSA) is 0 Å². The first-order chi connectivity index (χ1) is 9.48. The number of halogens is 3. The average molecular weight is 290 g/mol. The molecule has 0 saturated heterocycles. The largest absolute Gasteiger partial charge is 0.389 e. The molecule has 0 aliphatic heterocycles. The summed E-state index contributed by atoms with van der Waals surface area (Å²) in [6, 6.07) is 0. The standard InChI is InChI=1S/C17H29F3/c1-2-3-13-4-8-15(9-5-13)16-10-6-14(7-11-16)12-17(18,19)20/h13-16H,2-12H2,1H3/t13-,14-,15-,16-. The normalized spacial score (nSPS) is 36.0. The van der Waals surface area contributed by atoms with Crippen LogP contribution in [-0.2, 0) is 0 Å². The minimum absolute atomic E-state index is 0.0947. The van der Waals surface area contributed by atoms with Gasteiger partial charge >= 0.3 is 6.18 Å². The highest BCUT2D eigenvalue weighted by atomic mass is 19.4. The maximum Gasteiger partial charge on any atom is 0.389 e. The van der Waals surface area contributed by atoms with E-state index in [9.17, 15) is 13.2 Å². The van der Waals surface area contributed by atoms with Crippen molar-refractivity contribution in [3.05, 3.63) is 0 Å². The zero-order valence-electron chi connectivity index (χ0n) is 12.7. The number of alkyl halides is 3. The van der Waals surface area contributed by atoms with E-state index in [4.69, 9.17) is 0 Å². The summed E-state index contributed by atoms with van der Waals surface area (Å²) in [5.74, 6) is 2.37. The van der Waals surface area contributed by atoms with Crippen LogP contribution in [-0.4, -0.2) is 6.18 Å². The van der Waals surface area contributed by atoms with Gasteiger partial charge < -0.3 is 0 Å². The second kappa shape index (κ2) is 7.17. The molecule has 2 rings (SSSR count). The van der Waals surface area contributed by atoms with E-state index in [2.05, 4.69) is 6.92 Å². The summed E-state index contributed by atoms with van der Waals surface area (Å²) in [5, 5.41) is 0. The smallest absolute Gasteiger partial charge is 0.171 e. The van der Waals surface area contributed by atoms with Gasteiger partial charge in [0.05, 0.1) is 0 Å². The van der Waals surface area contributed by atoms with Crippen molar-refractivity contribution in [1.29, 1.82) is 0 Å². The quantitative estimate of drug-likeness (QED) is 0.565. The predicted octanol–water partition coefficient (Wildman–Crippen LogP) is 6.35. The van der Waals surface area contributed by atoms with E-state index in [-0.39, 0.29) is 5.92 Å². The molecule has 0 N–H and O–H groups in total. The fourth-order valence-corrected chi connectivity index (χ4v) is 4.55. The van der Waals surface area contributed by atoms with Gasteiger partial charge in [-0.2, -0.15) is 13.2 Å². The van der Waals surface area contributed by atoms with Crippen molar-refractivity contribution >= 4 is 0 Å². The van der Waals surface area contributed by atoms with E-state index in [1.807, 2.05) is 0 Å². The first kappa shape index (κ1) is 16.2. The van der Waals surface area contributed by atoms with Gasteiger partial charge in [0, 0.05) is 6.42 Å². The second-order valence-electron chi connectivity index (χ2n) is 7.17. The molecule has 2 fully saturated rings. The van der Waals surface area contributed by atoms with E-state index < -0.39 is 12.6 Å². The molecule has 2 aliphatic carbocycles. The minimum Gasteiger partial charge on any atom is -0.171 e. The van der Waals surface area contributed by atoms with Crippen LogP contribution in [0.15, 0.2) is 0 Å². The fourth-order valence-electron chi connectivity index (χ4n) is 4.55. The van der Waals surface area contributed by atoms with Crippen molar-refractivity contribution < 1.29 is 13.2 Å². The third-order valence-electron chi connectivity index (χ3n) is 5.67. The highest BCUT2D eigenvalue weighted by Gasteiger charge is 2.36. The molecule has 0 aromatic carbocycles. The molecule has 2 aliphatic rings. The lowest BCUT2D eigenvalue weighted by Crippen LogP contribution is -2.27. The van der Waals surface area contributed by atoms with Gasteiger partial charge in [0.15, 0.2) is 0 Å². The second-order valence-corrected chi connectivity index (χ2v) is 7.17. The first-order valence-electron chi connectivity index (χ1n) is 8.54. The summed E-state index contributed by atoms with van der Waals surface area (Å²) in [5.41, 5.74) is 0. The zero-order chi connectivity index (χ0) is 14.6. The molecule has 0 spiro atoms. The van der Waals surface area contributed by atoms with Crippen LogP contribution in [0.2, 0.25) is 0 Å². The van der Waals surface area contributed by atoms with E-state index in [1.54, 1.807) is 0 Å². The third-order valence-corrected chi connectivity index (χ3v) is 5.67. The van der Waals surface area contributed by atoms with Crippen molar-refractivity contribution in [1.82, 2.24) is 0 Å². The molecule has 0 nitrogen and oxygen atoms in total. The van der Waals surface area contributed by atoms with Crippen LogP contribution < -0.4 is 0 Å². The Morgan fingerprint density at radius 2 is 1.20 bits per heavy atom. The van der Waals surface area contributed by atoms with Crippen LogP contribution in [0.25, 0.3) is 0 Å². The van der Waals surface area contributed by atoms with Gasteiger partial charge in [-0.1, -0.05) is 32.6 Å². The summed E-state index contributed by atoms with van der Waals surface area (Å²) in [6.07, 6.45) is 7.23. The average Bonchev–Trinajstić information content (AvgIpc) is 2.39. The molecule has 3 heteroatoms.